The summed E-state index contributed by atoms with van der Waals surface area (Å²) in [7, 11) is 1.52. The Hall–Kier alpha value is -1.23. The van der Waals surface area contributed by atoms with Gasteiger partial charge in [0.1, 0.15) is 5.78 Å². The fourth-order valence-electron chi connectivity index (χ4n) is 1.40. The molecular weight excluding hydrogens is 255 g/mol. The van der Waals surface area contributed by atoms with Crippen molar-refractivity contribution >= 4 is 23.1 Å². The molecule has 0 spiro atoms. The van der Waals surface area contributed by atoms with E-state index in [0.29, 0.717) is 0 Å². The van der Waals surface area contributed by atoms with Crippen molar-refractivity contribution in [3.8, 4) is 0 Å². The Morgan fingerprint density at radius 1 is 1.41 bits per heavy atom. The van der Waals surface area contributed by atoms with Crippen LogP contribution in [0.15, 0.2) is 18.2 Å². The maximum absolute atomic E-state index is 12.5. The second-order valence-electron chi connectivity index (χ2n) is 3.72. The highest BCUT2D eigenvalue weighted by molar-refractivity contribution is 6.33. The molecule has 1 aromatic rings. The topological polar surface area (TPSA) is 20.3 Å². The van der Waals surface area contributed by atoms with Crippen LogP contribution in [0.2, 0.25) is 5.02 Å². The number of hydrogen-bond acceptors (Lipinski definition) is 2. The lowest BCUT2D eigenvalue weighted by Gasteiger charge is -2.20. The van der Waals surface area contributed by atoms with E-state index < -0.39 is 11.7 Å². The maximum Gasteiger partial charge on any atom is 0.416 e. The van der Waals surface area contributed by atoms with Crippen LogP contribution in [0.4, 0.5) is 18.9 Å². The molecule has 1 rings (SSSR count). The Bertz CT molecular complexity index is 431. The van der Waals surface area contributed by atoms with Crippen LogP contribution >= 0.6 is 11.6 Å². The zero-order valence-electron chi connectivity index (χ0n) is 9.31. The number of carbonyl (C=O) groups excluding carboxylic acids is 1. The van der Waals surface area contributed by atoms with Gasteiger partial charge in [-0.25, -0.2) is 0 Å². The summed E-state index contributed by atoms with van der Waals surface area (Å²) in [5.74, 6) is -0.152. The molecule has 0 fully saturated rings. The summed E-state index contributed by atoms with van der Waals surface area (Å²) in [5, 5.41) is 0.182. The third-order valence-corrected chi connectivity index (χ3v) is 2.46. The first-order chi connectivity index (χ1) is 7.71. The summed E-state index contributed by atoms with van der Waals surface area (Å²) in [5.41, 5.74) is -0.594. The Balaban J connectivity index is 3.10. The molecule has 94 valence electrons. The van der Waals surface area contributed by atoms with Crippen LogP contribution in [-0.2, 0) is 11.0 Å². The lowest BCUT2D eigenvalue weighted by molar-refractivity contribution is -0.137. The second kappa shape index (κ2) is 4.96. The summed E-state index contributed by atoms with van der Waals surface area (Å²) in [6.07, 6.45) is -4.42. The molecule has 6 heteroatoms. The molecule has 0 unspecified atom stereocenters. The van der Waals surface area contributed by atoms with E-state index in [0.717, 1.165) is 12.1 Å². The Morgan fingerprint density at radius 3 is 2.47 bits per heavy atom. The molecule has 1 aromatic carbocycles. The third-order valence-electron chi connectivity index (χ3n) is 2.14. The van der Waals surface area contributed by atoms with Crippen molar-refractivity contribution in [2.75, 3.05) is 18.5 Å². The monoisotopic (exact) mass is 265 g/mol. The van der Waals surface area contributed by atoms with Gasteiger partial charge in [0.2, 0.25) is 0 Å². The van der Waals surface area contributed by atoms with Crippen LogP contribution < -0.4 is 4.90 Å². The van der Waals surface area contributed by atoms with Gasteiger partial charge in [0, 0.05) is 7.05 Å². The fourth-order valence-corrected chi connectivity index (χ4v) is 1.66. The molecule has 0 heterocycles. The number of nitrogens with zero attached hydrogens (tertiary/aromatic N) is 1. The van der Waals surface area contributed by atoms with Crippen LogP contribution in [0.25, 0.3) is 0 Å². The number of carbonyl (C=O) groups is 1. The lowest BCUT2D eigenvalue weighted by Crippen LogP contribution is -2.24. The molecule has 0 N–H and O–H groups in total. The fraction of sp³-hybridized carbons (Fsp3) is 0.364. The van der Waals surface area contributed by atoms with Crippen LogP contribution in [0.1, 0.15) is 12.5 Å². The standard InChI is InChI=1S/C11H11ClF3NO/c1-7(17)6-16(2)10-5-8(11(13,14)15)3-4-9(10)12/h3-5H,6H2,1-2H3. The number of alkyl halides is 3. The molecule has 0 aliphatic carbocycles. The molecule has 0 atom stereocenters. The highest BCUT2D eigenvalue weighted by Crippen LogP contribution is 2.34. The van der Waals surface area contributed by atoms with E-state index in [4.69, 9.17) is 11.6 Å². The molecule has 0 saturated carbocycles. The van der Waals surface area contributed by atoms with Gasteiger partial charge in [-0.3, -0.25) is 4.79 Å². The van der Waals surface area contributed by atoms with E-state index in [9.17, 15) is 18.0 Å². The number of anilines is 1. The molecule has 0 amide bonds. The smallest absolute Gasteiger partial charge is 0.366 e. The Kier molecular flexibility index (Phi) is 4.03. The molecule has 0 bridgehead atoms. The number of Topliss-reactive ketones (excluding diaryl/α,β-unsaturated/α-hetero) is 1. The summed E-state index contributed by atoms with van der Waals surface area (Å²) in [6, 6.07) is 3.02. The minimum atomic E-state index is -4.42. The van der Waals surface area contributed by atoms with Crippen molar-refractivity contribution in [3.05, 3.63) is 28.8 Å². The van der Waals surface area contributed by atoms with Gasteiger partial charge in [-0.05, 0) is 25.1 Å². The summed E-state index contributed by atoms with van der Waals surface area (Å²) in [6.45, 7) is 1.37. The summed E-state index contributed by atoms with van der Waals surface area (Å²) in [4.78, 5) is 12.3. The SMILES string of the molecule is CC(=O)CN(C)c1cc(C(F)(F)F)ccc1Cl. The first kappa shape index (κ1) is 13.8. The van der Waals surface area contributed by atoms with Crippen LogP contribution in [0.3, 0.4) is 0 Å². The number of rotatable bonds is 3. The van der Waals surface area contributed by atoms with Crippen molar-refractivity contribution in [1.82, 2.24) is 0 Å². The Labute approximate surface area is 102 Å². The molecule has 17 heavy (non-hydrogen) atoms. The maximum atomic E-state index is 12.5. The van der Waals surface area contributed by atoms with Crippen molar-refractivity contribution in [2.24, 2.45) is 0 Å². The van der Waals surface area contributed by atoms with Gasteiger partial charge in [0.15, 0.2) is 0 Å². The van der Waals surface area contributed by atoms with Crippen molar-refractivity contribution in [2.45, 2.75) is 13.1 Å². The highest BCUT2D eigenvalue weighted by atomic mass is 35.5. The first-order valence-electron chi connectivity index (χ1n) is 4.79. The van der Waals surface area contributed by atoms with Crippen molar-refractivity contribution in [1.29, 1.82) is 0 Å². The van der Waals surface area contributed by atoms with Crippen LogP contribution in [-0.4, -0.2) is 19.4 Å². The van der Waals surface area contributed by atoms with Crippen LogP contribution in [0.5, 0.6) is 0 Å². The van der Waals surface area contributed by atoms with Gasteiger partial charge in [0.05, 0.1) is 22.8 Å². The van der Waals surface area contributed by atoms with E-state index in [1.165, 1.54) is 24.9 Å². The molecule has 0 radical (unpaired) electrons. The minimum absolute atomic E-state index is 0.0149. The molecule has 2 nitrogen and oxygen atoms in total. The molecule has 0 aromatic heterocycles. The molecule has 0 aliphatic heterocycles. The van der Waals surface area contributed by atoms with Gasteiger partial charge in [-0.1, -0.05) is 11.6 Å². The average molecular weight is 266 g/mol. The zero-order valence-corrected chi connectivity index (χ0v) is 10.1. The van der Waals surface area contributed by atoms with E-state index in [-0.39, 0.29) is 23.0 Å². The predicted octanol–water partition coefficient (Wildman–Crippen LogP) is 3.38. The van der Waals surface area contributed by atoms with E-state index in [1.54, 1.807) is 0 Å². The lowest BCUT2D eigenvalue weighted by atomic mass is 10.2. The van der Waals surface area contributed by atoms with Crippen molar-refractivity contribution < 1.29 is 18.0 Å². The second-order valence-corrected chi connectivity index (χ2v) is 4.13. The number of halogens is 4. The highest BCUT2D eigenvalue weighted by Gasteiger charge is 2.31. The third kappa shape index (κ3) is 3.63. The number of hydrogen-bond donors (Lipinski definition) is 0. The van der Waals surface area contributed by atoms with Crippen molar-refractivity contribution in [3.63, 3.8) is 0 Å². The molecular formula is C11H11ClF3NO. The van der Waals surface area contributed by atoms with E-state index in [2.05, 4.69) is 0 Å². The normalized spacial score (nSPS) is 11.4. The van der Waals surface area contributed by atoms with Crippen LogP contribution in [0, 0.1) is 0 Å². The minimum Gasteiger partial charge on any atom is -0.366 e. The van der Waals surface area contributed by atoms with Gasteiger partial charge >= 0.3 is 6.18 Å². The van der Waals surface area contributed by atoms with Gasteiger partial charge in [0.25, 0.3) is 0 Å². The number of benzene rings is 1. The quantitative estimate of drug-likeness (QED) is 0.835. The van der Waals surface area contributed by atoms with Gasteiger partial charge in [-0.2, -0.15) is 13.2 Å². The molecule has 0 saturated heterocycles. The Morgan fingerprint density at radius 2 is 2.00 bits per heavy atom. The first-order valence-corrected chi connectivity index (χ1v) is 5.17. The van der Waals surface area contributed by atoms with Gasteiger partial charge in [-0.15, -0.1) is 0 Å². The number of likely N-dealkylation sites (N-methyl/N-ethyl adjacent to an activating group) is 1. The largest absolute Gasteiger partial charge is 0.416 e. The van der Waals surface area contributed by atoms with E-state index in [1.807, 2.05) is 0 Å². The molecule has 0 aliphatic rings. The van der Waals surface area contributed by atoms with E-state index >= 15 is 0 Å². The number of ketones is 1. The summed E-state index contributed by atoms with van der Waals surface area (Å²) >= 11 is 5.80. The average Bonchev–Trinajstić information content (AvgIpc) is 2.15. The zero-order chi connectivity index (χ0) is 13.2. The van der Waals surface area contributed by atoms with Gasteiger partial charge < -0.3 is 4.90 Å². The summed E-state index contributed by atoms with van der Waals surface area (Å²) < 4.78 is 37.5. The predicted molar refractivity (Wildman–Crippen MR) is 60.4 cm³/mol.